The van der Waals surface area contributed by atoms with Gasteiger partial charge in [0, 0.05) is 11.3 Å². The van der Waals surface area contributed by atoms with Gasteiger partial charge in [0.2, 0.25) is 0 Å². The zero-order chi connectivity index (χ0) is 12.5. The number of nitrogens with one attached hydrogen (secondary N) is 1. The number of benzene rings is 1. The summed E-state index contributed by atoms with van der Waals surface area (Å²) >= 11 is 0. The predicted octanol–water partition coefficient (Wildman–Crippen LogP) is 3.68. The second kappa shape index (κ2) is 4.73. The van der Waals surface area contributed by atoms with Crippen molar-refractivity contribution in [2.24, 2.45) is 5.92 Å². The van der Waals surface area contributed by atoms with Crippen LogP contribution >= 0.6 is 0 Å². The van der Waals surface area contributed by atoms with Gasteiger partial charge in [-0.3, -0.25) is 0 Å². The van der Waals surface area contributed by atoms with Gasteiger partial charge in [0.05, 0.1) is 0 Å². The predicted molar refractivity (Wildman–Crippen MR) is 70.2 cm³/mol. The van der Waals surface area contributed by atoms with Crippen LogP contribution in [-0.4, -0.2) is 13.6 Å². The van der Waals surface area contributed by atoms with Gasteiger partial charge in [-0.2, -0.15) is 0 Å². The topological polar surface area (TPSA) is 25.2 Å². The molecule has 1 aromatic carbocycles. The molecule has 3 rings (SSSR count). The van der Waals surface area contributed by atoms with Gasteiger partial charge < -0.3 is 9.73 Å². The molecule has 0 amide bonds. The normalized spacial score (nSPS) is 23.9. The van der Waals surface area contributed by atoms with E-state index in [0.29, 0.717) is 17.4 Å². The molecule has 1 aromatic heterocycles. The van der Waals surface area contributed by atoms with Crippen molar-refractivity contribution in [3.05, 3.63) is 35.8 Å². The van der Waals surface area contributed by atoms with Gasteiger partial charge in [-0.05, 0) is 44.5 Å². The highest BCUT2D eigenvalue weighted by Gasteiger charge is 2.30. The molecule has 96 valence electrons. The lowest BCUT2D eigenvalue weighted by molar-refractivity contribution is 0.396. The standard InChI is InChI=1S/C15H18FNO/c1-17-9-11-5-2-6-12(11)14-8-10-4-3-7-13(16)15(10)18-14/h3-4,7-8,11-12,17H,2,5-6,9H2,1H3. The smallest absolute Gasteiger partial charge is 0.169 e. The first-order chi connectivity index (χ1) is 8.79. The van der Waals surface area contributed by atoms with Crippen LogP contribution in [0.5, 0.6) is 0 Å². The van der Waals surface area contributed by atoms with Crippen LogP contribution in [0.1, 0.15) is 30.9 Å². The largest absolute Gasteiger partial charge is 0.458 e. The summed E-state index contributed by atoms with van der Waals surface area (Å²) in [6, 6.07) is 7.11. The van der Waals surface area contributed by atoms with E-state index in [9.17, 15) is 4.39 Å². The maximum atomic E-state index is 13.6. The third-order valence-electron chi connectivity index (χ3n) is 4.01. The first kappa shape index (κ1) is 11.7. The van der Waals surface area contributed by atoms with Gasteiger partial charge in [0.15, 0.2) is 11.4 Å². The van der Waals surface area contributed by atoms with Crippen LogP contribution in [-0.2, 0) is 0 Å². The Morgan fingerprint density at radius 3 is 3.06 bits per heavy atom. The van der Waals surface area contributed by atoms with E-state index < -0.39 is 0 Å². The summed E-state index contributed by atoms with van der Waals surface area (Å²) in [7, 11) is 1.98. The summed E-state index contributed by atoms with van der Waals surface area (Å²) in [6.45, 7) is 1.00. The van der Waals surface area contributed by atoms with Crippen molar-refractivity contribution < 1.29 is 8.81 Å². The molecule has 1 saturated carbocycles. The summed E-state index contributed by atoms with van der Waals surface area (Å²) < 4.78 is 19.4. The quantitative estimate of drug-likeness (QED) is 0.895. The molecule has 0 bridgehead atoms. The Labute approximate surface area is 106 Å². The first-order valence-electron chi connectivity index (χ1n) is 6.62. The van der Waals surface area contributed by atoms with E-state index in [1.807, 2.05) is 19.2 Å². The van der Waals surface area contributed by atoms with Gasteiger partial charge in [0.1, 0.15) is 5.76 Å². The monoisotopic (exact) mass is 247 g/mol. The molecule has 1 N–H and O–H groups in total. The fraction of sp³-hybridized carbons (Fsp3) is 0.467. The third-order valence-corrected chi connectivity index (χ3v) is 4.01. The second-order valence-electron chi connectivity index (χ2n) is 5.16. The van der Waals surface area contributed by atoms with Crippen molar-refractivity contribution in [1.29, 1.82) is 0 Å². The third kappa shape index (κ3) is 1.93. The zero-order valence-corrected chi connectivity index (χ0v) is 10.6. The Morgan fingerprint density at radius 1 is 1.39 bits per heavy atom. The molecule has 18 heavy (non-hydrogen) atoms. The van der Waals surface area contributed by atoms with Crippen LogP contribution in [0.2, 0.25) is 0 Å². The summed E-state index contributed by atoms with van der Waals surface area (Å²) in [6.07, 6.45) is 3.61. The van der Waals surface area contributed by atoms with Crippen molar-refractivity contribution in [2.75, 3.05) is 13.6 Å². The number of hydrogen-bond acceptors (Lipinski definition) is 2. The fourth-order valence-corrected chi connectivity index (χ4v) is 3.15. The summed E-state index contributed by atoms with van der Waals surface area (Å²) in [5, 5.41) is 4.11. The molecule has 2 unspecified atom stereocenters. The fourth-order valence-electron chi connectivity index (χ4n) is 3.15. The van der Waals surface area contributed by atoms with Crippen LogP contribution < -0.4 is 5.32 Å². The van der Waals surface area contributed by atoms with Gasteiger partial charge >= 0.3 is 0 Å². The first-order valence-corrected chi connectivity index (χ1v) is 6.62. The number of rotatable bonds is 3. The van der Waals surface area contributed by atoms with E-state index in [-0.39, 0.29) is 5.82 Å². The van der Waals surface area contributed by atoms with E-state index in [4.69, 9.17) is 4.42 Å². The lowest BCUT2D eigenvalue weighted by atomic mass is 9.93. The number of furan rings is 1. The van der Waals surface area contributed by atoms with Gasteiger partial charge in [0.25, 0.3) is 0 Å². The average Bonchev–Trinajstić information content (AvgIpc) is 2.95. The SMILES string of the molecule is CNCC1CCCC1c1cc2cccc(F)c2o1. The number of hydrogen-bond donors (Lipinski definition) is 1. The molecular formula is C15H18FNO. The molecule has 0 radical (unpaired) electrons. The highest BCUT2D eigenvalue weighted by molar-refractivity contribution is 5.78. The minimum Gasteiger partial charge on any atom is -0.458 e. The Hall–Kier alpha value is -1.35. The maximum absolute atomic E-state index is 13.6. The second-order valence-corrected chi connectivity index (χ2v) is 5.16. The molecular weight excluding hydrogens is 229 g/mol. The van der Waals surface area contributed by atoms with Crippen molar-refractivity contribution in [1.82, 2.24) is 5.32 Å². The molecule has 3 heteroatoms. The molecule has 2 nitrogen and oxygen atoms in total. The Balaban J connectivity index is 1.96. The molecule has 2 atom stereocenters. The molecule has 1 fully saturated rings. The minimum atomic E-state index is -0.262. The van der Waals surface area contributed by atoms with Crippen LogP contribution in [0, 0.1) is 11.7 Å². The molecule has 1 aliphatic rings. The number of fused-ring (bicyclic) bond motifs is 1. The van der Waals surface area contributed by atoms with Gasteiger partial charge in [-0.25, -0.2) is 4.39 Å². The Kier molecular flexibility index (Phi) is 3.08. The van der Waals surface area contributed by atoms with E-state index in [1.165, 1.54) is 18.9 Å². The van der Waals surface area contributed by atoms with Crippen LogP contribution in [0.4, 0.5) is 4.39 Å². The molecule has 0 saturated heterocycles. The lowest BCUT2D eigenvalue weighted by Gasteiger charge is -2.16. The maximum Gasteiger partial charge on any atom is 0.169 e. The van der Waals surface area contributed by atoms with E-state index in [0.717, 1.165) is 24.1 Å². The summed E-state index contributed by atoms with van der Waals surface area (Å²) in [4.78, 5) is 0. The molecule has 1 aliphatic carbocycles. The lowest BCUT2D eigenvalue weighted by Crippen LogP contribution is -2.20. The van der Waals surface area contributed by atoms with Gasteiger partial charge in [-0.15, -0.1) is 0 Å². The van der Waals surface area contributed by atoms with Crippen molar-refractivity contribution in [3.8, 4) is 0 Å². The Bertz CT molecular complexity index is 548. The average molecular weight is 247 g/mol. The molecule has 2 aromatic rings. The van der Waals surface area contributed by atoms with Gasteiger partial charge in [-0.1, -0.05) is 18.6 Å². The minimum absolute atomic E-state index is 0.262. The van der Waals surface area contributed by atoms with Crippen molar-refractivity contribution in [2.45, 2.75) is 25.2 Å². The van der Waals surface area contributed by atoms with E-state index in [1.54, 1.807) is 6.07 Å². The van der Waals surface area contributed by atoms with Crippen LogP contribution in [0.25, 0.3) is 11.0 Å². The summed E-state index contributed by atoms with van der Waals surface area (Å²) in [5.41, 5.74) is 0.405. The van der Waals surface area contributed by atoms with Crippen LogP contribution in [0.3, 0.4) is 0 Å². The molecule has 1 heterocycles. The molecule has 0 aliphatic heterocycles. The summed E-state index contributed by atoms with van der Waals surface area (Å²) in [5.74, 6) is 1.73. The zero-order valence-electron chi connectivity index (χ0n) is 10.6. The number of para-hydroxylation sites is 1. The highest BCUT2D eigenvalue weighted by Crippen LogP contribution is 2.41. The highest BCUT2D eigenvalue weighted by atomic mass is 19.1. The number of halogens is 1. The van der Waals surface area contributed by atoms with E-state index in [2.05, 4.69) is 5.32 Å². The molecule has 0 spiro atoms. The Morgan fingerprint density at radius 2 is 2.28 bits per heavy atom. The van der Waals surface area contributed by atoms with Crippen molar-refractivity contribution in [3.63, 3.8) is 0 Å². The van der Waals surface area contributed by atoms with Crippen LogP contribution in [0.15, 0.2) is 28.7 Å². The van der Waals surface area contributed by atoms with E-state index >= 15 is 0 Å². The van der Waals surface area contributed by atoms with Crippen molar-refractivity contribution >= 4 is 11.0 Å².